The molecular formula is C20H22O7. The Kier molecular flexibility index (Phi) is 4.71. The second-order valence-electron chi connectivity index (χ2n) is 7.43. The van der Waals surface area contributed by atoms with Crippen molar-refractivity contribution < 1.29 is 28.2 Å². The molecule has 27 heavy (non-hydrogen) atoms. The van der Waals surface area contributed by atoms with Gasteiger partial charge in [0.25, 0.3) is 0 Å². The van der Waals surface area contributed by atoms with E-state index in [1.54, 1.807) is 45.9 Å². The normalized spacial score (nSPS) is 18.9. The first-order valence-electron chi connectivity index (χ1n) is 8.73. The molecule has 1 aromatic heterocycles. The lowest BCUT2D eigenvalue weighted by Crippen LogP contribution is -2.46. The van der Waals surface area contributed by atoms with Crippen molar-refractivity contribution in [2.24, 2.45) is 5.92 Å². The summed E-state index contributed by atoms with van der Waals surface area (Å²) < 4.78 is 22.3. The third-order valence-corrected chi connectivity index (χ3v) is 4.39. The van der Waals surface area contributed by atoms with Crippen LogP contribution < -0.4 is 10.4 Å². The Morgan fingerprint density at radius 1 is 1.19 bits per heavy atom. The van der Waals surface area contributed by atoms with Crippen LogP contribution in [0.5, 0.6) is 5.75 Å². The number of benzene rings is 1. The van der Waals surface area contributed by atoms with E-state index in [9.17, 15) is 14.4 Å². The average Bonchev–Trinajstić information content (AvgIpc) is 2.90. The molecule has 3 rings (SSSR count). The van der Waals surface area contributed by atoms with Crippen molar-refractivity contribution in [3.8, 4) is 5.75 Å². The number of rotatable bonds is 4. The third kappa shape index (κ3) is 3.67. The van der Waals surface area contributed by atoms with E-state index in [1.165, 1.54) is 13.0 Å². The third-order valence-electron chi connectivity index (χ3n) is 4.39. The highest BCUT2D eigenvalue weighted by Crippen LogP contribution is 2.45. The summed E-state index contributed by atoms with van der Waals surface area (Å²) in [6.07, 6.45) is -1.51. The van der Waals surface area contributed by atoms with Crippen molar-refractivity contribution in [3.05, 3.63) is 40.2 Å². The van der Waals surface area contributed by atoms with Crippen molar-refractivity contribution in [3.63, 3.8) is 0 Å². The molecule has 2 atom stereocenters. The highest BCUT2D eigenvalue weighted by Gasteiger charge is 2.49. The molecule has 1 aliphatic rings. The molecule has 0 saturated heterocycles. The number of carbonyl (C=O) groups excluding carboxylic acids is 2. The number of esters is 2. The van der Waals surface area contributed by atoms with E-state index in [2.05, 4.69) is 0 Å². The van der Waals surface area contributed by atoms with Crippen LogP contribution in [0.3, 0.4) is 0 Å². The minimum atomic E-state index is -1.06. The zero-order chi connectivity index (χ0) is 19.9. The highest BCUT2D eigenvalue weighted by molar-refractivity contribution is 5.80. The van der Waals surface area contributed by atoms with Crippen LogP contribution in [-0.2, 0) is 19.1 Å². The number of carbonyl (C=O) groups is 2. The summed E-state index contributed by atoms with van der Waals surface area (Å²) in [6.45, 7) is 8.17. The minimum Gasteiger partial charge on any atom is -0.481 e. The highest BCUT2D eigenvalue weighted by atomic mass is 16.6. The molecule has 144 valence electrons. The molecule has 0 amide bonds. The number of hydrogen-bond acceptors (Lipinski definition) is 7. The summed E-state index contributed by atoms with van der Waals surface area (Å²) in [7, 11) is 0. The van der Waals surface area contributed by atoms with E-state index in [0.717, 1.165) is 0 Å². The van der Waals surface area contributed by atoms with Gasteiger partial charge in [0.1, 0.15) is 16.9 Å². The van der Waals surface area contributed by atoms with Crippen LogP contribution in [0.1, 0.15) is 46.3 Å². The van der Waals surface area contributed by atoms with Gasteiger partial charge in [0.15, 0.2) is 12.2 Å². The van der Waals surface area contributed by atoms with Crippen LogP contribution in [0, 0.1) is 5.92 Å². The fourth-order valence-corrected chi connectivity index (χ4v) is 3.12. The zero-order valence-electron chi connectivity index (χ0n) is 15.9. The quantitative estimate of drug-likeness (QED) is 0.599. The molecule has 2 heterocycles. The first-order chi connectivity index (χ1) is 12.6. The van der Waals surface area contributed by atoms with Crippen LogP contribution in [0.15, 0.2) is 33.5 Å². The predicted molar refractivity (Wildman–Crippen MR) is 96.4 cm³/mol. The van der Waals surface area contributed by atoms with E-state index in [0.29, 0.717) is 22.3 Å². The van der Waals surface area contributed by atoms with Gasteiger partial charge in [-0.3, -0.25) is 9.59 Å². The smallest absolute Gasteiger partial charge is 0.336 e. The van der Waals surface area contributed by atoms with Gasteiger partial charge in [-0.2, -0.15) is 0 Å². The standard InChI is InChI=1S/C20H22O7/c1-10(2)19(23)26-17-13-8-12-6-7-16(22)24-14(12)9-15(13)25-18(17)20(4,5)27-11(3)21/h6-10,17-18H,1-5H3. The Morgan fingerprint density at radius 3 is 2.52 bits per heavy atom. The minimum absolute atomic E-state index is 0.329. The van der Waals surface area contributed by atoms with Crippen LogP contribution in [0.4, 0.5) is 0 Å². The summed E-state index contributed by atoms with van der Waals surface area (Å²) in [5.74, 6) is -0.766. The molecule has 0 bridgehead atoms. The fourth-order valence-electron chi connectivity index (χ4n) is 3.12. The summed E-state index contributed by atoms with van der Waals surface area (Å²) in [5, 5.41) is 0.675. The van der Waals surface area contributed by atoms with Crippen LogP contribution in [0.25, 0.3) is 11.0 Å². The molecule has 0 spiro atoms. The van der Waals surface area contributed by atoms with Gasteiger partial charge >= 0.3 is 17.6 Å². The molecule has 1 aliphatic heterocycles. The lowest BCUT2D eigenvalue weighted by molar-refractivity contribution is -0.177. The monoisotopic (exact) mass is 374 g/mol. The van der Waals surface area contributed by atoms with E-state index in [1.807, 2.05) is 0 Å². The first-order valence-corrected chi connectivity index (χ1v) is 8.73. The second-order valence-corrected chi connectivity index (χ2v) is 7.43. The fraction of sp³-hybridized carbons (Fsp3) is 0.450. The molecule has 2 aromatic rings. The van der Waals surface area contributed by atoms with Crippen molar-refractivity contribution in [2.45, 2.75) is 52.4 Å². The maximum Gasteiger partial charge on any atom is 0.336 e. The molecular weight excluding hydrogens is 352 g/mol. The molecule has 1 aromatic carbocycles. The molecule has 0 N–H and O–H groups in total. The van der Waals surface area contributed by atoms with E-state index >= 15 is 0 Å². The summed E-state index contributed by atoms with van der Waals surface area (Å²) in [5.41, 5.74) is -0.531. The van der Waals surface area contributed by atoms with Crippen molar-refractivity contribution >= 4 is 22.9 Å². The molecule has 0 saturated carbocycles. The molecule has 7 nitrogen and oxygen atoms in total. The largest absolute Gasteiger partial charge is 0.481 e. The Hall–Kier alpha value is -2.83. The van der Waals surface area contributed by atoms with Gasteiger partial charge in [-0.25, -0.2) is 4.79 Å². The van der Waals surface area contributed by atoms with E-state index in [4.69, 9.17) is 18.6 Å². The zero-order valence-corrected chi connectivity index (χ0v) is 15.9. The van der Waals surface area contributed by atoms with E-state index < -0.39 is 29.4 Å². The summed E-state index contributed by atoms with van der Waals surface area (Å²) in [6, 6.07) is 6.30. The predicted octanol–water partition coefficient (Wildman–Crippen LogP) is 3.14. The Balaban J connectivity index is 2.08. The Morgan fingerprint density at radius 2 is 1.89 bits per heavy atom. The number of ether oxygens (including phenoxy) is 3. The lowest BCUT2D eigenvalue weighted by Gasteiger charge is -2.33. The van der Waals surface area contributed by atoms with Crippen LogP contribution in [0.2, 0.25) is 0 Å². The summed E-state index contributed by atoms with van der Waals surface area (Å²) in [4.78, 5) is 35.3. The van der Waals surface area contributed by atoms with Crippen molar-refractivity contribution in [2.75, 3.05) is 0 Å². The summed E-state index contributed by atoms with van der Waals surface area (Å²) >= 11 is 0. The van der Waals surface area contributed by atoms with Crippen molar-refractivity contribution in [1.82, 2.24) is 0 Å². The van der Waals surface area contributed by atoms with Gasteiger partial charge in [0.2, 0.25) is 0 Å². The maximum absolute atomic E-state index is 12.3. The van der Waals surface area contributed by atoms with Gasteiger partial charge in [-0.1, -0.05) is 13.8 Å². The van der Waals surface area contributed by atoms with Gasteiger partial charge in [-0.05, 0) is 26.0 Å². The molecule has 0 radical (unpaired) electrons. The molecule has 2 unspecified atom stereocenters. The van der Waals surface area contributed by atoms with Crippen LogP contribution in [-0.4, -0.2) is 23.6 Å². The van der Waals surface area contributed by atoms with Gasteiger partial charge < -0.3 is 18.6 Å². The lowest BCUT2D eigenvalue weighted by atomic mass is 9.93. The second kappa shape index (κ2) is 6.72. The van der Waals surface area contributed by atoms with Crippen LogP contribution >= 0.6 is 0 Å². The van der Waals surface area contributed by atoms with Crippen molar-refractivity contribution in [1.29, 1.82) is 0 Å². The van der Waals surface area contributed by atoms with Gasteiger partial charge in [-0.15, -0.1) is 0 Å². The molecule has 7 heteroatoms. The first kappa shape index (κ1) is 18.9. The Labute approximate surface area is 156 Å². The molecule has 0 fully saturated rings. The molecule has 0 aliphatic carbocycles. The van der Waals surface area contributed by atoms with Gasteiger partial charge in [0.05, 0.1) is 5.92 Å². The topological polar surface area (TPSA) is 92.0 Å². The Bertz CT molecular complexity index is 954. The van der Waals surface area contributed by atoms with E-state index in [-0.39, 0.29) is 11.9 Å². The average molecular weight is 374 g/mol. The maximum atomic E-state index is 12.3. The van der Waals surface area contributed by atoms with Gasteiger partial charge in [0, 0.05) is 30.0 Å². The SMILES string of the molecule is CC(=O)OC(C)(C)C1Oc2cc3oc(=O)ccc3cc2C1OC(=O)C(C)C. The number of hydrogen-bond donors (Lipinski definition) is 0. The number of fused-ring (bicyclic) bond motifs is 2.